The summed E-state index contributed by atoms with van der Waals surface area (Å²) in [6.07, 6.45) is 0. The number of amides is 2. The minimum Gasteiger partial charge on any atom is -0.496 e. The first kappa shape index (κ1) is 25.2. The zero-order valence-electron chi connectivity index (χ0n) is 19.3. The number of fused-ring (bicyclic) bond motifs is 1. The lowest BCUT2D eigenvalue weighted by atomic mass is 10.2. The highest BCUT2D eigenvalue weighted by molar-refractivity contribution is 8.00. The minimum atomic E-state index is -0.415. The minimum absolute atomic E-state index is 0.271. The van der Waals surface area contributed by atoms with Gasteiger partial charge in [0, 0.05) is 22.7 Å². The van der Waals surface area contributed by atoms with Gasteiger partial charge in [-0.15, -0.1) is 11.3 Å². The van der Waals surface area contributed by atoms with E-state index in [4.69, 9.17) is 14.7 Å². The van der Waals surface area contributed by atoms with Crippen LogP contribution >= 0.6 is 23.1 Å². The number of nitriles is 1. The first-order valence-corrected chi connectivity index (χ1v) is 12.7. The van der Waals surface area contributed by atoms with Crippen molar-refractivity contribution in [3.05, 3.63) is 77.9 Å². The molecule has 3 aromatic carbocycles. The van der Waals surface area contributed by atoms with Gasteiger partial charge in [-0.25, -0.2) is 4.98 Å². The Morgan fingerprint density at radius 2 is 1.75 bits per heavy atom. The molecular formula is C26H22N4O4S2. The molecule has 0 bridgehead atoms. The number of para-hydroxylation sites is 1. The van der Waals surface area contributed by atoms with Crippen LogP contribution < -0.4 is 15.4 Å². The van der Waals surface area contributed by atoms with E-state index in [9.17, 15) is 9.59 Å². The molecule has 4 aromatic rings. The molecule has 1 heterocycles. The molecule has 0 unspecified atom stereocenters. The lowest BCUT2D eigenvalue weighted by Gasteiger charge is -2.07. The Balaban J connectivity index is 1.26. The van der Waals surface area contributed by atoms with Gasteiger partial charge in [-0.2, -0.15) is 5.26 Å². The third-order valence-corrected chi connectivity index (χ3v) is 7.15. The smallest absolute Gasteiger partial charge is 0.250 e. The number of methoxy groups -OCH3 is 1. The second kappa shape index (κ2) is 12.2. The molecule has 1 aromatic heterocycles. The summed E-state index contributed by atoms with van der Waals surface area (Å²) in [7, 11) is 1.66. The number of benzene rings is 3. The highest BCUT2D eigenvalue weighted by Crippen LogP contribution is 2.34. The van der Waals surface area contributed by atoms with Gasteiger partial charge in [0.25, 0.3) is 0 Å². The Labute approximate surface area is 216 Å². The van der Waals surface area contributed by atoms with Crippen LogP contribution in [-0.4, -0.2) is 37.1 Å². The number of carbonyl (C=O) groups excluding carboxylic acids is 2. The van der Waals surface area contributed by atoms with Crippen molar-refractivity contribution in [3.63, 3.8) is 0 Å². The van der Waals surface area contributed by atoms with Crippen LogP contribution in [-0.2, 0) is 20.1 Å². The number of nitrogens with zero attached hydrogens (tertiary/aromatic N) is 2. The number of anilines is 2. The molecular weight excluding hydrogens is 496 g/mol. The average molecular weight is 519 g/mol. The number of aromatic nitrogens is 1. The van der Waals surface area contributed by atoms with Crippen LogP contribution in [0.2, 0.25) is 0 Å². The molecule has 0 aliphatic heterocycles. The summed E-state index contributed by atoms with van der Waals surface area (Å²) in [5, 5.41) is 14.3. The number of ether oxygens (including phenoxy) is 2. The number of hydrogen-bond donors (Lipinski definition) is 2. The predicted octanol–water partition coefficient (Wildman–Crippen LogP) is 5.06. The first-order valence-electron chi connectivity index (χ1n) is 10.9. The molecule has 0 aliphatic rings. The van der Waals surface area contributed by atoms with Crippen LogP contribution in [0, 0.1) is 11.3 Å². The number of thiazole rings is 1. The van der Waals surface area contributed by atoms with Crippen molar-refractivity contribution >= 4 is 56.5 Å². The lowest BCUT2D eigenvalue weighted by molar-refractivity contribution is -0.125. The Kier molecular flexibility index (Phi) is 8.52. The fourth-order valence-electron chi connectivity index (χ4n) is 3.30. The van der Waals surface area contributed by atoms with Gasteiger partial charge < -0.3 is 20.1 Å². The molecule has 0 radical (unpaired) electrons. The highest BCUT2D eigenvalue weighted by Gasteiger charge is 2.10. The average Bonchev–Trinajstić information content (AvgIpc) is 3.30. The summed E-state index contributed by atoms with van der Waals surface area (Å²) in [5.74, 6) is 0.803. The Hall–Kier alpha value is -3.91. The standard InChI is InChI=1S/C26H22N4O4S2/c1-33-22-8-3-2-6-18(22)16-35-26-30-21-10-9-20(12-23(21)36-26)29-25(32)15-34-14-24(31)28-19-7-4-5-17(11-19)13-27/h2-12H,14-16H2,1H3,(H,28,31)(H,29,32). The van der Waals surface area contributed by atoms with Gasteiger partial charge in [0.05, 0.1) is 29.0 Å². The monoisotopic (exact) mass is 518 g/mol. The van der Waals surface area contributed by atoms with Gasteiger partial charge in [-0.05, 0) is 42.5 Å². The number of hydrogen-bond acceptors (Lipinski definition) is 8. The SMILES string of the molecule is COc1ccccc1CSc1nc2ccc(NC(=O)COCC(=O)Nc3cccc(C#N)c3)cc2s1. The molecule has 8 nitrogen and oxygen atoms in total. The van der Waals surface area contributed by atoms with Crippen molar-refractivity contribution < 1.29 is 19.1 Å². The van der Waals surface area contributed by atoms with Gasteiger partial charge in [0.2, 0.25) is 11.8 Å². The Morgan fingerprint density at radius 1 is 1.00 bits per heavy atom. The van der Waals surface area contributed by atoms with Gasteiger partial charge in [-0.1, -0.05) is 36.0 Å². The van der Waals surface area contributed by atoms with Crippen molar-refractivity contribution in [2.75, 3.05) is 31.0 Å². The maximum Gasteiger partial charge on any atom is 0.250 e. The second-order valence-electron chi connectivity index (χ2n) is 7.54. The first-order chi connectivity index (χ1) is 17.5. The maximum atomic E-state index is 12.3. The largest absolute Gasteiger partial charge is 0.496 e. The van der Waals surface area contributed by atoms with Crippen LogP contribution in [0.3, 0.4) is 0 Å². The van der Waals surface area contributed by atoms with Crippen LogP contribution in [0.15, 0.2) is 71.1 Å². The number of nitrogens with one attached hydrogen (secondary N) is 2. The van der Waals surface area contributed by atoms with Crippen molar-refractivity contribution in [3.8, 4) is 11.8 Å². The van der Waals surface area contributed by atoms with Gasteiger partial charge in [0.15, 0.2) is 4.34 Å². The van der Waals surface area contributed by atoms with Crippen LogP contribution in [0.5, 0.6) is 5.75 Å². The molecule has 182 valence electrons. The van der Waals surface area contributed by atoms with Crippen molar-refractivity contribution in [1.82, 2.24) is 4.98 Å². The van der Waals surface area contributed by atoms with Crippen molar-refractivity contribution in [2.24, 2.45) is 0 Å². The fraction of sp³-hybridized carbons (Fsp3) is 0.154. The Morgan fingerprint density at radius 3 is 2.50 bits per heavy atom. The summed E-state index contributed by atoms with van der Waals surface area (Å²) in [5.41, 5.74) is 3.51. The molecule has 0 aliphatic carbocycles. The Bertz CT molecular complexity index is 1430. The van der Waals surface area contributed by atoms with E-state index in [1.54, 1.807) is 60.5 Å². The van der Waals surface area contributed by atoms with E-state index in [0.717, 1.165) is 31.6 Å². The number of thioether (sulfide) groups is 1. The van der Waals surface area contributed by atoms with Gasteiger partial charge in [-0.3, -0.25) is 9.59 Å². The molecule has 0 saturated carbocycles. The molecule has 0 spiro atoms. The second-order valence-corrected chi connectivity index (χ2v) is 9.80. The summed E-state index contributed by atoms with van der Waals surface area (Å²) in [6.45, 7) is -0.558. The van der Waals surface area contributed by atoms with Crippen LogP contribution in [0.1, 0.15) is 11.1 Å². The van der Waals surface area contributed by atoms with Gasteiger partial charge in [0.1, 0.15) is 19.0 Å². The summed E-state index contributed by atoms with van der Waals surface area (Å²) >= 11 is 3.18. The van der Waals surface area contributed by atoms with Crippen molar-refractivity contribution in [2.45, 2.75) is 10.1 Å². The molecule has 2 amide bonds. The van der Waals surface area contributed by atoms with Crippen molar-refractivity contribution in [1.29, 1.82) is 5.26 Å². The van der Waals surface area contributed by atoms with E-state index in [0.29, 0.717) is 16.9 Å². The summed E-state index contributed by atoms with van der Waals surface area (Å²) in [4.78, 5) is 28.9. The molecule has 4 rings (SSSR count). The van der Waals surface area contributed by atoms with E-state index in [1.807, 2.05) is 42.5 Å². The van der Waals surface area contributed by atoms with Gasteiger partial charge >= 0.3 is 0 Å². The predicted molar refractivity (Wildman–Crippen MR) is 141 cm³/mol. The molecule has 36 heavy (non-hydrogen) atoms. The quantitative estimate of drug-likeness (QED) is 0.282. The van der Waals surface area contributed by atoms with E-state index in [-0.39, 0.29) is 19.1 Å². The fourth-order valence-corrected chi connectivity index (χ4v) is 5.40. The number of carbonyl (C=O) groups is 2. The van der Waals surface area contributed by atoms with E-state index in [1.165, 1.54) is 0 Å². The zero-order chi connectivity index (χ0) is 25.3. The molecule has 0 atom stereocenters. The van der Waals surface area contributed by atoms with E-state index >= 15 is 0 Å². The normalized spacial score (nSPS) is 10.6. The number of rotatable bonds is 10. The molecule has 10 heteroatoms. The van der Waals surface area contributed by atoms with E-state index in [2.05, 4.69) is 15.6 Å². The lowest BCUT2D eigenvalue weighted by Crippen LogP contribution is -2.23. The van der Waals surface area contributed by atoms with E-state index < -0.39 is 5.91 Å². The maximum absolute atomic E-state index is 12.3. The third kappa shape index (κ3) is 6.82. The molecule has 0 saturated heterocycles. The summed E-state index contributed by atoms with van der Waals surface area (Å²) < 4.78 is 12.5. The highest BCUT2D eigenvalue weighted by atomic mass is 32.2. The topological polar surface area (TPSA) is 113 Å². The molecule has 0 fully saturated rings. The molecule has 2 N–H and O–H groups in total. The summed E-state index contributed by atoms with van der Waals surface area (Å²) in [6, 6.07) is 22.0. The van der Waals surface area contributed by atoms with Crippen LogP contribution in [0.25, 0.3) is 10.2 Å². The van der Waals surface area contributed by atoms with Crippen LogP contribution in [0.4, 0.5) is 11.4 Å². The zero-order valence-corrected chi connectivity index (χ0v) is 20.9. The third-order valence-electron chi connectivity index (χ3n) is 4.94.